The summed E-state index contributed by atoms with van der Waals surface area (Å²) in [6.07, 6.45) is 5.83. The summed E-state index contributed by atoms with van der Waals surface area (Å²) >= 11 is 0. The first kappa shape index (κ1) is 15.2. The third-order valence-corrected chi connectivity index (χ3v) is 6.86. The van der Waals surface area contributed by atoms with Crippen molar-refractivity contribution in [2.24, 2.45) is 11.3 Å². The minimum atomic E-state index is 0.438. The van der Waals surface area contributed by atoms with Gasteiger partial charge >= 0.3 is 0 Å². The molecular weight excluding hydrogens is 300 g/mol. The molecule has 1 N–H and O–H groups in total. The van der Waals surface area contributed by atoms with Gasteiger partial charge in [-0.1, -0.05) is 24.6 Å². The fourth-order valence-corrected chi connectivity index (χ4v) is 5.42. The van der Waals surface area contributed by atoms with Gasteiger partial charge in [0.2, 0.25) is 0 Å². The predicted octanol–water partition coefficient (Wildman–Crippen LogP) is 2.89. The Kier molecular flexibility index (Phi) is 3.80. The molecular formula is C20H28N2O2. The van der Waals surface area contributed by atoms with E-state index in [0.29, 0.717) is 17.6 Å². The molecule has 4 heteroatoms. The molecule has 130 valence electrons. The number of fused-ring (bicyclic) bond motifs is 2. The number of rotatable bonds is 4. The minimum absolute atomic E-state index is 0.438. The lowest BCUT2D eigenvalue weighted by Gasteiger charge is -2.63. The highest BCUT2D eigenvalue weighted by molar-refractivity contribution is 5.53. The van der Waals surface area contributed by atoms with Gasteiger partial charge in [0.1, 0.15) is 0 Å². The lowest BCUT2D eigenvalue weighted by atomic mass is 9.46. The first-order valence-electron chi connectivity index (χ1n) is 9.63. The van der Waals surface area contributed by atoms with E-state index in [2.05, 4.69) is 34.5 Å². The zero-order valence-corrected chi connectivity index (χ0v) is 14.4. The molecule has 0 amide bonds. The van der Waals surface area contributed by atoms with Crippen molar-refractivity contribution in [1.29, 1.82) is 0 Å². The predicted molar refractivity (Wildman–Crippen MR) is 94.1 cm³/mol. The Morgan fingerprint density at radius 2 is 1.96 bits per heavy atom. The third kappa shape index (κ3) is 2.31. The van der Waals surface area contributed by atoms with E-state index in [1.165, 1.54) is 36.9 Å². The van der Waals surface area contributed by atoms with Crippen molar-refractivity contribution in [3.05, 3.63) is 29.8 Å². The second-order valence-corrected chi connectivity index (χ2v) is 8.00. The maximum Gasteiger partial charge on any atom is 0.0699 e. The van der Waals surface area contributed by atoms with E-state index in [0.717, 1.165) is 45.4 Å². The van der Waals surface area contributed by atoms with Crippen LogP contribution in [0, 0.1) is 11.3 Å². The summed E-state index contributed by atoms with van der Waals surface area (Å²) in [6.45, 7) is 5.80. The van der Waals surface area contributed by atoms with Crippen LogP contribution >= 0.6 is 0 Å². The summed E-state index contributed by atoms with van der Waals surface area (Å²) in [5.74, 6) is 0.724. The average Bonchev–Trinajstić information content (AvgIpc) is 2.99. The zero-order chi connectivity index (χ0) is 16.0. The van der Waals surface area contributed by atoms with Crippen molar-refractivity contribution < 1.29 is 9.47 Å². The monoisotopic (exact) mass is 328 g/mol. The number of para-hydroxylation sites is 1. The van der Waals surface area contributed by atoms with Gasteiger partial charge in [0, 0.05) is 49.3 Å². The smallest absolute Gasteiger partial charge is 0.0699 e. The lowest BCUT2D eigenvalue weighted by Crippen LogP contribution is -2.68. The second kappa shape index (κ2) is 6.01. The van der Waals surface area contributed by atoms with Gasteiger partial charge in [-0.25, -0.2) is 0 Å². The fourth-order valence-electron chi connectivity index (χ4n) is 5.42. The summed E-state index contributed by atoms with van der Waals surface area (Å²) in [7, 11) is 0. The van der Waals surface area contributed by atoms with Crippen molar-refractivity contribution in [2.75, 3.05) is 38.2 Å². The summed E-state index contributed by atoms with van der Waals surface area (Å²) in [5.41, 5.74) is 3.20. The molecule has 0 radical (unpaired) electrons. The standard InChI is InChI=1S/C20H28N2O2/c1-2-5-17(15(4-1)14-22-9-12-23-13-10-22)21-18-16-6-11-24-19(16)20(18)7-3-8-20/h1-2,4-5,16,18-19,21H,3,6-14H2. The van der Waals surface area contributed by atoms with Crippen LogP contribution in [0.25, 0.3) is 0 Å². The highest BCUT2D eigenvalue weighted by Crippen LogP contribution is 2.63. The Morgan fingerprint density at radius 3 is 2.75 bits per heavy atom. The fraction of sp³-hybridized carbons (Fsp3) is 0.700. The Bertz CT molecular complexity index is 595. The van der Waals surface area contributed by atoms with Crippen molar-refractivity contribution in [3.8, 4) is 0 Å². The first-order chi connectivity index (χ1) is 11.9. The number of anilines is 1. The van der Waals surface area contributed by atoms with E-state index in [4.69, 9.17) is 9.47 Å². The first-order valence-corrected chi connectivity index (χ1v) is 9.63. The van der Waals surface area contributed by atoms with Gasteiger partial charge in [0.25, 0.3) is 0 Å². The average molecular weight is 328 g/mol. The maximum absolute atomic E-state index is 6.07. The molecule has 1 spiro atoms. The highest BCUT2D eigenvalue weighted by atomic mass is 16.5. The van der Waals surface area contributed by atoms with Gasteiger partial charge in [-0.15, -0.1) is 0 Å². The van der Waals surface area contributed by atoms with Crippen molar-refractivity contribution in [2.45, 2.75) is 44.4 Å². The number of ether oxygens (including phenoxy) is 2. The van der Waals surface area contributed by atoms with Crippen LogP contribution in [0.3, 0.4) is 0 Å². The quantitative estimate of drug-likeness (QED) is 0.921. The zero-order valence-electron chi connectivity index (χ0n) is 14.4. The summed E-state index contributed by atoms with van der Waals surface area (Å²) < 4.78 is 11.6. The van der Waals surface area contributed by atoms with E-state index >= 15 is 0 Å². The topological polar surface area (TPSA) is 33.7 Å². The van der Waals surface area contributed by atoms with Crippen LogP contribution in [-0.2, 0) is 16.0 Å². The van der Waals surface area contributed by atoms with Gasteiger partial charge in [-0.05, 0) is 30.9 Å². The molecule has 0 aromatic heterocycles. The van der Waals surface area contributed by atoms with Crippen molar-refractivity contribution in [1.82, 2.24) is 4.90 Å². The van der Waals surface area contributed by atoms with Crippen molar-refractivity contribution in [3.63, 3.8) is 0 Å². The molecule has 3 atom stereocenters. The number of nitrogens with zero attached hydrogens (tertiary/aromatic N) is 1. The van der Waals surface area contributed by atoms with E-state index in [9.17, 15) is 0 Å². The molecule has 2 saturated heterocycles. The van der Waals surface area contributed by atoms with Crippen LogP contribution in [0.4, 0.5) is 5.69 Å². The lowest BCUT2D eigenvalue weighted by molar-refractivity contribution is -0.158. The van der Waals surface area contributed by atoms with E-state index in [1.54, 1.807) is 0 Å². The number of morpholine rings is 1. The molecule has 24 heavy (non-hydrogen) atoms. The number of hydrogen-bond acceptors (Lipinski definition) is 4. The van der Waals surface area contributed by atoms with Crippen LogP contribution in [0.2, 0.25) is 0 Å². The largest absolute Gasteiger partial charge is 0.381 e. The van der Waals surface area contributed by atoms with Gasteiger partial charge in [0.15, 0.2) is 0 Å². The summed E-state index contributed by atoms with van der Waals surface area (Å²) in [6, 6.07) is 9.50. The molecule has 1 aromatic rings. The molecule has 3 unspecified atom stereocenters. The molecule has 0 bridgehead atoms. The third-order valence-electron chi connectivity index (χ3n) is 6.86. The maximum atomic E-state index is 6.07. The second-order valence-electron chi connectivity index (χ2n) is 8.00. The van der Waals surface area contributed by atoms with E-state index in [-0.39, 0.29) is 0 Å². The molecule has 2 saturated carbocycles. The highest BCUT2D eigenvalue weighted by Gasteiger charge is 2.66. The number of hydrogen-bond donors (Lipinski definition) is 1. The molecule has 2 aliphatic carbocycles. The van der Waals surface area contributed by atoms with Crippen molar-refractivity contribution >= 4 is 5.69 Å². The molecule has 4 aliphatic rings. The van der Waals surface area contributed by atoms with Gasteiger partial charge in [-0.3, -0.25) is 4.90 Å². The van der Waals surface area contributed by atoms with Gasteiger partial charge in [-0.2, -0.15) is 0 Å². The molecule has 2 heterocycles. The van der Waals surface area contributed by atoms with Crippen LogP contribution < -0.4 is 5.32 Å². The van der Waals surface area contributed by atoms with Crippen LogP contribution in [0.5, 0.6) is 0 Å². The van der Waals surface area contributed by atoms with Crippen LogP contribution in [0.1, 0.15) is 31.2 Å². The number of nitrogens with one attached hydrogen (secondary N) is 1. The Morgan fingerprint density at radius 1 is 1.12 bits per heavy atom. The molecule has 4 nitrogen and oxygen atoms in total. The summed E-state index contributed by atoms with van der Waals surface area (Å²) in [4.78, 5) is 2.51. The normalized spacial score (nSPS) is 34.4. The molecule has 2 aliphatic heterocycles. The van der Waals surface area contributed by atoms with Gasteiger partial charge in [0.05, 0.1) is 19.3 Å². The van der Waals surface area contributed by atoms with Crippen LogP contribution in [-0.4, -0.2) is 50.0 Å². The van der Waals surface area contributed by atoms with E-state index < -0.39 is 0 Å². The number of benzene rings is 1. The molecule has 4 fully saturated rings. The van der Waals surface area contributed by atoms with E-state index in [1.807, 2.05) is 0 Å². The Balaban J connectivity index is 1.33. The van der Waals surface area contributed by atoms with Crippen LogP contribution in [0.15, 0.2) is 24.3 Å². The Hall–Kier alpha value is -1.10. The van der Waals surface area contributed by atoms with Gasteiger partial charge < -0.3 is 14.8 Å². The summed E-state index contributed by atoms with van der Waals surface area (Å²) in [5, 5.41) is 3.96. The Labute approximate surface area is 144 Å². The molecule has 1 aromatic carbocycles. The SMILES string of the molecule is c1ccc(NC2C3CCOC3C23CCC3)c(CN2CCOCC2)c1. The minimum Gasteiger partial charge on any atom is -0.381 e. The molecule has 5 rings (SSSR count).